The molecule has 0 fully saturated rings. The van der Waals surface area contributed by atoms with E-state index in [0.717, 1.165) is 13.1 Å². The normalized spacial score (nSPS) is 10.2. The molecule has 2 rings (SSSR count). The van der Waals surface area contributed by atoms with Crippen LogP contribution in [0.25, 0.3) is 0 Å². The summed E-state index contributed by atoms with van der Waals surface area (Å²) >= 11 is 0. The number of aryl methyl sites for hydroxylation is 4. The highest BCUT2D eigenvalue weighted by Gasteiger charge is 2.20. The van der Waals surface area contributed by atoms with Crippen molar-refractivity contribution >= 4 is 7.25 Å². The van der Waals surface area contributed by atoms with Gasteiger partial charge in [0.05, 0.1) is 27.2 Å². The third kappa shape index (κ3) is 17.3. The minimum atomic E-state index is -6.00. The number of nitrogens with zero attached hydrogens (tertiary/aromatic N) is 4. The molecule has 2 aromatic rings. The van der Waals surface area contributed by atoms with Crippen molar-refractivity contribution in [2.75, 3.05) is 0 Å². The minimum Gasteiger partial charge on any atom is -1.00 e. The predicted molar refractivity (Wildman–Crippen MR) is 91.2 cm³/mol. The lowest BCUT2D eigenvalue weighted by Gasteiger charge is -1.94. The van der Waals surface area contributed by atoms with Gasteiger partial charge < -0.3 is 29.7 Å². The van der Waals surface area contributed by atoms with Crippen molar-refractivity contribution in [1.82, 2.24) is 9.13 Å². The Morgan fingerprint density at radius 3 is 1.27 bits per heavy atom. The summed E-state index contributed by atoms with van der Waals surface area (Å²) in [5, 5.41) is 0. The Hall–Kier alpha value is -1.51. The average Bonchev–Trinajstić information content (AvgIpc) is 3.10. The number of hydrogen-bond acceptors (Lipinski definition) is 0. The molecule has 0 saturated heterocycles. The molecule has 0 unspecified atom stereocenters. The lowest BCUT2D eigenvalue weighted by Crippen LogP contribution is -3.00. The van der Waals surface area contributed by atoms with E-state index in [1.165, 1.54) is 25.7 Å². The second-order valence-electron chi connectivity index (χ2n) is 5.84. The molecule has 26 heavy (non-hydrogen) atoms. The quantitative estimate of drug-likeness (QED) is 0.382. The highest BCUT2D eigenvalue weighted by atomic mass is 35.5. The van der Waals surface area contributed by atoms with Crippen LogP contribution in [0.15, 0.2) is 37.4 Å². The molecule has 0 spiro atoms. The van der Waals surface area contributed by atoms with Gasteiger partial charge >= 0.3 is 7.25 Å². The first-order valence-corrected chi connectivity index (χ1v) is 8.55. The minimum absolute atomic E-state index is 0. The van der Waals surface area contributed by atoms with Crippen LogP contribution in [0.1, 0.15) is 39.5 Å². The SMILES string of the molecule is CCCCn1cc[n+](C)c1.CCCCn1cc[n+](C)c1.F[B-](F)(F)F.[Cl-]. The fraction of sp³-hybridized carbons (Fsp3) is 0.625. The highest BCUT2D eigenvalue weighted by molar-refractivity contribution is 6.50. The number of hydrogen-bond donors (Lipinski definition) is 0. The van der Waals surface area contributed by atoms with E-state index in [1.807, 2.05) is 14.1 Å². The Bertz CT molecular complexity index is 522. The van der Waals surface area contributed by atoms with E-state index in [-0.39, 0.29) is 12.4 Å². The van der Waals surface area contributed by atoms with Crippen LogP contribution in [-0.4, -0.2) is 16.4 Å². The van der Waals surface area contributed by atoms with Crippen molar-refractivity contribution in [1.29, 1.82) is 0 Å². The molecule has 10 heteroatoms. The van der Waals surface area contributed by atoms with Gasteiger partial charge in [-0.3, -0.25) is 0 Å². The van der Waals surface area contributed by atoms with Gasteiger partial charge in [-0.15, -0.1) is 0 Å². The zero-order valence-electron chi connectivity index (χ0n) is 16.0. The van der Waals surface area contributed by atoms with Crippen LogP contribution in [0.2, 0.25) is 0 Å². The van der Waals surface area contributed by atoms with Gasteiger partial charge in [-0.1, -0.05) is 26.7 Å². The molecule has 0 aliphatic rings. The van der Waals surface area contributed by atoms with Crippen LogP contribution in [0.3, 0.4) is 0 Å². The van der Waals surface area contributed by atoms with E-state index in [9.17, 15) is 17.3 Å². The van der Waals surface area contributed by atoms with Crippen LogP contribution in [0.5, 0.6) is 0 Å². The first kappa shape index (κ1) is 26.7. The van der Waals surface area contributed by atoms with E-state index in [0.29, 0.717) is 0 Å². The van der Waals surface area contributed by atoms with E-state index >= 15 is 0 Å². The molecular weight excluding hydrogens is 370 g/mol. The molecule has 2 heterocycles. The molecule has 0 saturated carbocycles. The Balaban J connectivity index is 0. The van der Waals surface area contributed by atoms with Gasteiger partial charge in [0.1, 0.15) is 24.8 Å². The van der Waals surface area contributed by atoms with Crippen LogP contribution < -0.4 is 21.5 Å². The molecule has 0 aromatic carbocycles. The monoisotopic (exact) mass is 400 g/mol. The maximum absolute atomic E-state index is 9.75. The molecule has 4 nitrogen and oxygen atoms in total. The first-order chi connectivity index (χ1) is 11.7. The molecule has 0 aliphatic carbocycles. The van der Waals surface area contributed by atoms with Gasteiger partial charge in [0.25, 0.3) is 0 Å². The number of aromatic nitrogens is 4. The zero-order chi connectivity index (χ0) is 19.3. The third-order valence-electron chi connectivity index (χ3n) is 3.19. The molecule has 0 amide bonds. The van der Waals surface area contributed by atoms with Crippen LogP contribution in [0, 0.1) is 0 Å². The zero-order valence-corrected chi connectivity index (χ0v) is 16.7. The predicted octanol–water partition coefficient (Wildman–Crippen LogP) is 0.529. The second kappa shape index (κ2) is 14.6. The van der Waals surface area contributed by atoms with E-state index < -0.39 is 7.25 Å². The molecule has 152 valence electrons. The summed E-state index contributed by atoms with van der Waals surface area (Å²) in [7, 11) is -1.91. The fourth-order valence-corrected chi connectivity index (χ4v) is 1.95. The number of rotatable bonds is 6. The Labute approximate surface area is 160 Å². The number of unbranched alkanes of at least 4 members (excludes halogenated alkanes) is 2. The smallest absolute Gasteiger partial charge is 0.673 e. The molecular formula is C16H30BClF4N4. The average molecular weight is 401 g/mol. The lowest BCUT2D eigenvalue weighted by molar-refractivity contribution is -0.671. The summed E-state index contributed by atoms with van der Waals surface area (Å²) in [5.74, 6) is 0. The summed E-state index contributed by atoms with van der Waals surface area (Å²) in [6, 6.07) is 0. The van der Waals surface area contributed by atoms with Crippen molar-refractivity contribution in [2.24, 2.45) is 14.1 Å². The van der Waals surface area contributed by atoms with Crippen LogP contribution in [0.4, 0.5) is 17.3 Å². The third-order valence-corrected chi connectivity index (χ3v) is 3.19. The lowest BCUT2D eigenvalue weighted by atomic mass is 10.3. The Morgan fingerprint density at radius 1 is 0.769 bits per heavy atom. The standard InChI is InChI=1S/2C8H15N2.BF4.ClH/c2*1-3-4-5-10-7-6-9(2)8-10;2-1(3,4)5;/h2*6-8H,3-5H2,1-2H3;;1H/q2*+1;-1;/p-1. The molecule has 0 aliphatic heterocycles. The van der Waals surface area contributed by atoms with Gasteiger partial charge in [-0.25, -0.2) is 18.3 Å². The van der Waals surface area contributed by atoms with E-state index in [1.54, 1.807) is 0 Å². The van der Waals surface area contributed by atoms with E-state index in [4.69, 9.17) is 0 Å². The topological polar surface area (TPSA) is 17.6 Å². The van der Waals surface area contributed by atoms with Crippen molar-refractivity contribution in [3.63, 3.8) is 0 Å². The summed E-state index contributed by atoms with van der Waals surface area (Å²) in [6.45, 7) is 6.72. The van der Waals surface area contributed by atoms with Crippen LogP contribution >= 0.6 is 0 Å². The fourth-order valence-electron chi connectivity index (χ4n) is 1.95. The van der Waals surface area contributed by atoms with Gasteiger partial charge in [0.15, 0.2) is 0 Å². The molecule has 0 bridgehead atoms. The van der Waals surface area contributed by atoms with Crippen molar-refractivity contribution < 1.29 is 38.8 Å². The van der Waals surface area contributed by atoms with Crippen LogP contribution in [-0.2, 0) is 27.2 Å². The maximum atomic E-state index is 9.75. The van der Waals surface area contributed by atoms with Crippen molar-refractivity contribution in [3.8, 4) is 0 Å². The number of halogens is 5. The maximum Gasteiger partial charge on any atom is 0.673 e. The van der Waals surface area contributed by atoms with Crippen molar-refractivity contribution in [3.05, 3.63) is 37.4 Å². The van der Waals surface area contributed by atoms with E-state index in [2.05, 4.69) is 69.6 Å². The molecule has 2 aromatic heterocycles. The number of imidazole rings is 2. The summed E-state index contributed by atoms with van der Waals surface area (Å²) in [5.41, 5.74) is 0. The van der Waals surface area contributed by atoms with Gasteiger partial charge in [-0.05, 0) is 12.8 Å². The summed E-state index contributed by atoms with van der Waals surface area (Å²) in [4.78, 5) is 0. The summed E-state index contributed by atoms with van der Waals surface area (Å²) < 4.78 is 47.6. The second-order valence-corrected chi connectivity index (χ2v) is 5.84. The van der Waals surface area contributed by atoms with Gasteiger partial charge in [-0.2, -0.15) is 0 Å². The van der Waals surface area contributed by atoms with Gasteiger partial charge in [0, 0.05) is 0 Å². The molecule has 0 radical (unpaired) electrons. The van der Waals surface area contributed by atoms with Gasteiger partial charge in [0.2, 0.25) is 12.7 Å². The van der Waals surface area contributed by atoms with Crippen molar-refractivity contribution in [2.45, 2.75) is 52.6 Å². The Kier molecular flexibility index (Phi) is 15.0. The highest BCUT2D eigenvalue weighted by Crippen LogP contribution is 2.06. The summed E-state index contributed by atoms with van der Waals surface area (Å²) in [6.07, 6.45) is 17.6. The molecule has 0 N–H and O–H groups in total. The largest absolute Gasteiger partial charge is 1.00 e. The molecule has 0 atom stereocenters. The Morgan fingerprint density at radius 2 is 1.08 bits per heavy atom. The first-order valence-electron chi connectivity index (χ1n) is 8.55.